The Kier molecular flexibility index (Phi) is 4.59. The summed E-state index contributed by atoms with van der Waals surface area (Å²) < 4.78 is 6.76. The van der Waals surface area contributed by atoms with Crippen molar-refractivity contribution in [2.45, 2.75) is 13.0 Å². The minimum absolute atomic E-state index is 0.184. The predicted octanol–water partition coefficient (Wildman–Crippen LogP) is 3.62. The first-order valence-corrected chi connectivity index (χ1v) is 7.00. The molecular formula is C13H13BrO2S. The quantitative estimate of drug-likeness (QED) is 0.913. The van der Waals surface area contributed by atoms with E-state index in [-0.39, 0.29) is 6.61 Å². The van der Waals surface area contributed by atoms with Crippen LogP contribution in [0.2, 0.25) is 0 Å². The fourth-order valence-electron chi connectivity index (χ4n) is 1.47. The monoisotopic (exact) mass is 312 g/mol. The second-order valence-electron chi connectivity index (χ2n) is 3.64. The van der Waals surface area contributed by atoms with Crippen molar-refractivity contribution in [3.63, 3.8) is 0 Å². The van der Waals surface area contributed by atoms with Crippen molar-refractivity contribution in [2.75, 3.05) is 6.61 Å². The molecule has 0 saturated heterocycles. The fraction of sp³-hybridized carbons (Fsp3) is 0.231. The van der Waals surface area contributed by atoms with Crippen LogP contribution in [-0.4, -0.2) is 11.7 Å². The van der Waals surface area contributed by atoms with Crippen molar-refractivity contribution < 1.29 is 9.84 Å². The van der Waals surface area contributed by atoms with Crippen LogP contribution in [0.4, 0.5) is 0 Å². The Hall–Kier alpha value is -0.840. The maximum Gasteiger partial charge on any atom is 0.122 e. The van der Waals surface area contributed by atoms with Crippen LogP contribution in [0.3, 0.4) is 0 Å². The number of hydrogen-bond donors (Lipinski definition) is 1. The van der Waals surface area contributed by atoms with E-state index in [1.54, 1.807) is 11.3 Å². The minimum atomic E-state index is 0.184. The molecule has 0 atom stereocenters. The Balaban J connectivity index is 1.90. The number of halogens is 1. The zero-order valence-electron chi connectivity index (χ0n) is 9.23. The average molecular weight is 313 g/mol. The van der Waals surface area contributed by atoms with Gasteiger partial charge in [0.2, 0.25) is 0 Å². The van der Waals surface area contributed by atoms with Gasteiger partial charge in [-0.1, -0.05) is 12.1 Å². The summed E-state index contributed by atoms with van der Waals surface area (Å²) in [6.07, 6.45) is 0.693. The molecule has 0 aliphatic rings. The molecule has 0 saturated carbocycles. The lowest BCUT2D eigenvalue weighted by molar-refractivity contribution is 0.298. The van der Waals surface area contributed by atoms with E-state index in [2.05, 4.69) is 22.0 Å². The normalized spacial score (nSPS) is 10.5. The van der Waals surface area contributed by atoms with Gasteiger partial charge in [0, 0.05) is 21.3 Å². The number of ether oxygens (including phenoxy) is 1. The van der Waals surface area contributed by atoms with E-state index < -0.39 is 0 Å². The third-order valence-corrected chi connectivity index (χ3v) is 4.00. The third kappa shape index (κ3) is 3.84. The molecule has 1 N–H and O–H groups in total. The van der Waals surface area contributed by atoms with E-state index in [1.807, 2.05) is 29.6 Å². The van der Waals surface area contributed by atoms with Gasteiger partial charge in [-0.05, 0) is 46.1 Å². The van der Waals surface area contributed by atoms with Gasteiger partial charge in [0.15, 0.2) is 0 Å². The molecular weight excluding hydrogens is 300 g/mol. The van der Waals surface area contributed by atoms with Gasteiger partial charge in [-0.3, -0.25) is 0 Å². The van der Waals surface area contributed by atoms with Crippen LogP contribution in [0.5, 0.6) is 5.75 Å². The van der Waals surface area contributed by atoms with E-state index in [4.69, 9.17) is 9.84 Å². The Labute approximate surface area is 113 Å². The predicted molar refractivity (Wildman–Crippen MR) is 73.6 cm³/mol. The highest BCUT2D eigenvalue weighted by atomic mass is 79.9. The van der Waals surface area contributed by atoms with Crippen LogP contribution >= 0.6 is 27.3 Å². The standard InChI is InChI=1S/C13H13BrO2S/c14-11-7-13(17-9-11)8-16-12-3-1-10(2-4-12)5-6-15/h1-4,7,9,15H,5-6,8H2. The number of hydrogen-bond acceptors (Lipinski definition) is 3. The molecule has 0 bridgehead atoms. The SMILES string of the molecule is OCCc1ccc(OCc2cc(Br)cs2)cc1. The first-order chi connectivity index (χ1) is 8.28. The zero-order valence-corrected chi connectivity index (χ0v) is 11.6. The number of thiophene rings is 1. The molecule has 2 nitrogen and oxygen atoms in total. The van der Waals surface area contributed by atoms with Gasteiger partial charge in [-0.2, -0.15) is 0 Å². The Morgan fingerprint density at radius 3 is 2.59 bits per heavy atom. The molecule has 90 valence electrons. The summed E-state index contributed by atoms with van der Waals surface area (Å²) in [5, 5.41) is 10.9. The molecule has 0 unspecified atom stereocenters. The van der Waals surface area contributed by atoms with Crippen LogP contribution in [0.15, 0.2) is 40.2 Å². The summed E-state index contributed by atoms with van der Waals surface area (Å²) >= 11 is 5.09. The van der Waals surface area contributed by atoms with E-state index in [0.29, 0.717) is 13.0 Å². The molecule has 1 heterocycles. The number of rotatable bonds is 5. The van der Waals surface area contributed by atoms with Gasteiger partial charge in [-0.25, -0.2) is 0 Å². The molecule has 4 heteroatoms. The molecule has 17 heavy (non-hydrogen) atoms. The molecule has 1 aromatic carbocycles. The topological polar surface area (TPSA) is 29.5 Å². The lowest BCUT2D eigenvalue weighted by atomic mass is 10.1. The van der Waals surface area contributed by atoms with E-state index in [9.17, 15) is 0 Å². The molecule has 0 radical (unpaired) electrons. The lowest BCUT2D eigenvalue weighted by Gasteiger charge is -2.05. The van der Waals surface area contributed by atoms with Crippen molar-refractivity contribution >= 4 is 27.3 Å². The molecule has 0 spiro atoms. The van der Waals surface area contributed by atoms with Crippen LogP contribution in [0, 0.1) is 0 Å². The molecule has 0 aliphatic carbocycles. The van der Waals surface area contributed by atoms with E-state index in [0.717, 1.165) is 15.8 Å². The van der Waals surface area contributed by atoms with Gasteiger partial charge < -0.3 is 9.84 Å². The maximum absolute atomic E-state index is 8.81. The van der Waals surface area contributed by atoms with Crippen molar-refractivity contribution in [2.24, 2.45) is 0 Å². The number of aliphatic hydroxyl groups is 1. The second kappa shape index (κ2) is 6.19. The molecule has 1 aromatic heterocycles. The third-order valence-electron chi connectivity index (χ3n) is 2.33. The Morgan fingerprint density at radius 1 is 1.24 bits per heavy atom. The van der Waals surface area contributed by atoms with Gasteiger partial charge in [0.25, 0.3) is 0 Å². The lowest BCUT2D eigenvalue weighted by Crippen LogP contribution is -1.94. The van der Waals surface area contributed by atoms with Crippen LogP contribution < -0.4 is 4.74 Å². The van der Waals surface area contributed by atoms with Crippen LogP contribution in [0.25, 0.3) is 0 Å². The summed E-state index contributed by atoms with van der Waals surface area (Å²) in [5.74, 6) is 0.858. The van der Waals surface area contributed by atoms with Gasteiger partial charge in [0.05, 0.1) is 0 Å². The molecule has 0 aliphatic heterocycles. The summed E-state index contributed by atoms with van der Waals surface area (Å²) in [5.41, 5.74) is 1.12. The maximum atomic E-state index is 8.81. The number of benzene rings is 1. The van der Waals surface area contributed by atoms with Gasteiger partial charge >= 0.3 is 0 Å². The van der Waals surface area contributed by atoms with Gasteiger partial charge in [0.1, 0.15) is 12.4 Å². The highest BCUT2D eigenvalue weighted by molar-refractivity contribution is 9.10. The van der Waals surface area contributed by atoms with Crippen LogP contribution in [-0.2, 0) is 13.0 Å². The van der Waals surface area contributed by atoms with Crippen molar-refractivity contribution in [1.82, 2.24) is 0 Å². The molecule has 2 rings (SSSR count). The van der Waals surface area contributed by atoms with Crippen molar-refractivity contribution in [1.29, 1.82) is 0 Å². The minimum Gasteiger partial charge on any atom is -0.488 e. The first-order valence-electron chi connectivity index (χ1n) is 5.33. The molecule has 0 fully saturated rings. The second-order valence-corrected chi connectivity index (χ2v) is 5.55. The average Bonchev–Trinajstić information content (AvgIpc) is 2.75. The van der Waals surface area contributed by atoms with E-state index in [1.165, 1.54) is 4.88 Å². The largest absolute Gasteiger partial charge is 0.488 e. The van der Waals surface area contributed by atoms with E-state index >= 15 is 0 Å². The van der Waals surface area contributed by atoms with Crippen LogP contribution in [0.1, 0.15) is 10.4 Å². The smallest absolute Gasteiger partial charge is 0.122 e. The highest BCUT2D eigenvalue weighted by Crippen LogP contribution is 2.21. The fourth-order valence-corrected chi connectivity index (χ4v) is 2.83. The molecule has 0 amide bonds. The summed E-state index contributed by atoms with van der Waals surface area (Å²) in [4.78, 5) is 1.19. The Morgan fingerprint density at radius 2 is 2.00 bits per heavy atom. The summed E-state index contributed by atoms with van der Waals surface area (Å²) in [7, 11) is 0. The Bertz CT molecular complexity index is 465. The van der Waals surface area contributed by atoms with Crippen molar-refractivity contribution in [3.05, 3.63) is 50.6 Å². The van der Waals surface area contributed by atoms with Gasteiger partial charge in [-0.15, -0.1) is 11.3 Å². The first kappa shape index (κ1) is 12.6. The highest BCUT2D eigenvalue weighted by Gasteiger charge is 1.99. The number of aliphatic hydroxyl groups excluding tert-OH is 1. The zero-order chi connectivity index (χ0) is 12.1. The summed E-state index contributed by atoms with van der Waals surface area (Å²) in [6.45, 7) is 0.777. The summed E-state index contributed by atoms with van der Waals surface area (Å²) in [6, 6.07) is 9.90. The van der Waals surface area contributed by atoms with Crippen molar-refractivity contribution in [3.8, 4) is 5.75 Å². The molecule has 2 aromatic rings.